The van der Waals surface area contributed by atoms with Crippen molar-refractivity contribution in [2.24, 2.45) is 5.92 Å². The highest BCUT2D eigenvalue weighted by Crippen LogP contribution is 2.24. The molecule has 3 N–H and O–H groups in total. The molecule has 0 saturated heterocycles. The van der Waals surface area contributed by atoms with Crippen molar-refractivity contribution in [3.05, 3.63) is 23.8 Å². The molecule has 0 unspecified atom stereocenters. The van der Waals surface area contributed by atoms with E-state index in [2.05, 4.69) is 10.6 Å². The van der Waals surface area contributed by atoms with E-state index in [-0.39, 0.29) is 12.5 Å². The normalized spacial score (nSPS) is 12.9. The molecule has 1 aromatic carbocycles. The summed E-state index contributed by atoms with van der Waals surface area (Å²) in [6.07, 6.45) is 0.656. The predicted octanol–water partition coefficient (Wildman–Crippen LogP) is 2.00. The summed E-state index contributed by atoms with van der Waals surface area (Å²) < 4.78 is 10.4. The summed E-state index contributed by atoms with van der Waals surface area (Å²) >= 11 is 0. The Kier molecular flexibility index (Phi) is 7.18. The Morgan fingerprint density at radius 3 is 2.48 bits per heavy atom. The van der Waals surface area contributed by atoms with Crippen molar-refractivity contribution in [3.63, 3.8) is 0 Å². The molecule has 0 bridgehead atoms. The lowest BCUT2D eigenvalue weighted by molar-refractivity contribution is -0.140. The number of hydrogen-bond acceptors (Lipinski definition) is 4. The molecule has 0 saturated carbocycles. The Balaban J connectivity index is 2.67. The van der Waals surface area contributed by atoms with Crippen LogP contribution in [-0.4, -0.2) is 37.4 Å². The molecule has 7 nitrogen and oxygen atoms in total. The van der Waals surface area contributed by atoms with Gasteiger partial charge in [-0.25, -0.2) is 9.59 Å². The average molecular weight is 324 g/mol. The molecule has 2 amide bonds. The van der Waals surface area contributed by atoms with Gasteiger partial charge < -0.3 is 25.2 Å². The molecule has 0 aliphatic rings. The summed E-state index contributed by atoms with van der Waals surface area (Å²) in [6.45, 7) is 3.87. The molecule has 128 valence electrons. The SMILES string of the molecule is CC[C@H](C)[C@@H](NC(=O)NCc1ccc(OC)cc1OC)C(=O)O. The van der Waals surface area contributed by atoms with Gasteiger partial charge in [-0.2, -0.15) is 0 Å². The Labute approximate surface area is 136 Å². The van der Waals surface area contributed by atoms with E-state index < -0.39 is 18.0 Å². The molecule has 23 heavy (non-hydrogen) atoms. The minimum Gasteiger partial charge on any atom is -0.497 e. The maximum atomic E-state index is 11.9. The zero-order chi connectivity index (χ0) is 17.4. The first-order valence-corrected chi connectivity index (χ1v) is 7.41. The van der Waals surface area contributed by atoms with E-state index in [0.29, 0.717) is 17.9 Å². The molecular formula is C16H24N2O5. The van der Waals surface area contributed by atoms with E-state index in [1.54, 1.807) is 32.2 Å². The van der Waals surface area contributed by atoms with Crippen molar-refractivity contribution in [2.75, 3.05) is 14.2 Å². The summed E-state index contributed by atoms with van der Waals surface area (Å²) in [5.41, 5.74) is 0.763. The van der Waals surface area contributed by atoms with Crippen molar-refractivity contribution in [1.82, 2.24) is 10.6 Å². The quantitative estimate of drug-likeness (QED) is 0.679. The van der Waals surface area contributed by atoms with Gasteiger partial charge in [-0.1, -0.05) is 20.3 Å². The standard InChI is InChI=1S/C16H24N2O5/c1-5-10(2)14(15(19)20)18-16(21)17-9-11-6-7-12(22-3)8-13(11)23-4/h6-8,10,14H,5,9H2,1-4H3,(H,19,20)(H2,17,18,21)/t10-,14+/m0/s1. The fraction of sp³-hybridized carbons (Fsp3) is 0.500. The number of hydrogen-bond donors (Lipinski definition) is 3. The fourth-order valence-electron chi connectivity index (χ4n) is 2.05. The molecule has 1 rings (SSSR count). The van der Waals surface area contributed by atoms with Crippen molar-refractivity contribution >= 4 is 12.0 Å². The summed E-state index contributed by atoms with van der Waals surface area (Å²) in [7, 11) is 3.09. The number of carbonyl (C=O) groups excluding carboxylic acids is 1. The highest BCUT2D eigenvalue weighted by atomic mass is 16.5. The summed E-state index contributed by atoms with van der Waals surface area (Å²) in [4.78, 5) is 23.1. The topological polar surface area (TPSA) is 96.9 Å². The van der Waals surface area contributed by atoms with Gasteiger partial charge in [-0.05, 0) is 18.1 Å². The Hall–Kier alpha value is -2.44. The summed E-state index contributed by atoms with van der Waals surface area (Å²) in [6, 6.07) is 3.81. The second kappa shape index (κ2) is 8.87. The van der Waals surface area contributed by atoms with Crippen LogP contribution in [0.1, 0.15) is 25.8 Å². The monoisotopic (exact) mass is 324 g/mol. The lowest BCUT2D eigenvalue weighted by Crippen LogP contribution is -2.48. The summed E-state index contributed by atoms with van der Waals surface area (Å²) in [5.74, 6) is 0.0319. The molecule has 0 aliphatic heterocycles. The Morgan fingerprint density at radius 1 is 1.26 bits per heavy atom. The molecule has 0 aliphatic carbocycles. The van der Waals surface area contributed by atoms with Crippen LogP contribution >= 0.6 is 0 Å². The summed E-state index contributed by atoms with van der Waals surface area (Å²) in [5, 5.41) is 14.3. The average Bonchev–Trinajstić information content (AvgIpc) is 2.56. The van der Waals surface area contributed by atoms with Crippen LogP contribution in [0.15, 0.2) is 18.2 Å². The number of amides is 2. The minimum absolute atomic E-state index is 0.159. The van der Waals surface area contributed by atoms with E-state index >= 15 is 0 Å². The van der Waals surface area contributed by atoms with E-state index in [1.165, 1.54) is 7.11 Å². The maximum absolute atomic E-state index is 11.9. The van der Waals surface area contributed by atoms with Gasteiger partial charge in [0, 0.05) is 18.2 Å². The second-order valence-electron chi connectivity index (χ2n) is 5.21. The molecule has 1 aromatic rings. The first-order chi connectivity index (χ1) is 10.9. The molecule has 7 heteroatoms. The maximum Gasteiger partial charge on any atom is 0.326 e. The van der Waals surface area contributed by atoms with Crippen LogP contribution in [-0.2, 0) is 11.3 Å². The molecule has 2 atom stereocenters. The van der Waals surface area contributed by atoms with Gasteiger partial charge in [-0.3, -0.25) is 0 Å². The molecule has 0 heterocycles. The van der Waals surface area contributed by atoms with Crippen molar-refractivity contribution in [3.8, 4) is 11.5 Å². The van der Waals surface area contributed by atoms with Gasteiger partial charge >= 0.3 is 12.0 Å². The number of rotatable bonds is 8. The van der Waals surface area contributed by atoms with Crippen LogP contribution in [0, 0.1) is 5.92 Å². The zero-order valence-electron chi connectivity index (χ0n) is 13.9. The first-order valence-electron chi connectivity index (χ1n) is 7.41. The molecule has 0 spiro atoms. The van der Waals surface area contributed by atoms with Crippen LogP contribution in [0.5, 0.6) is 11.5 Å². The third-order valence-corrected chi connectivity index (χ3v) is 3.70. The van der Waals surface area contributed by atoms with Gasteiger partial charge in [0.1, 0.15) is 17.5 Å². The van der Waals surface area contributed by atoms with E-state index in [1.807, 2.05) is 6.92 Å². The number of urea groups is 1. The van der Waals surface area contributed by atoms with Gasteiger partial charge in [0.05, 0.1) is 14.2 Å². The number of methoxy groups -OCH3 is 2. The van der Waals surface area contributed by atoms with Crippen LogP contribution in [0.4, 0.5) is 4.79 Å². The number of carboxylic acid groups (broad SMARTS) is 1. The lowest BCUT2D eigenvalue weighted by atomic mass is 9.99. The largest absolute Gasteiger partial charge is 0.497 e. The van der Waals surface area contributed by atoms with Crippen LogP contribution < -0.4 is 20.1 Å². The first kappa shape index (κ1) is 18.6. The number of ether oxygens (including phenoxy) is 2. The molecule has 0 aromatic heterocycles. The van der Waals surface area contributed by atoms with E-state index in [0.717, 1.165) is 5.56 Å². The number of carbonyl (C=O) groups is 2. The van der Waals surface area contributed by atoms with Crippen LogP contribution in [0.2, 0.25) is 0 Å². The van der Waals surface area contributed by atoms with Crippen molar-refractivity contribution in [1.29, 1.82) is 0 Å². The number of carboxylic acids is 1. The highest BCUT2D eigenvalue weighted by Gasteiger charge is 2.25. The van der Waals surface area contributed by atoms with Gasteiger partial charge in [0.25, 0.3) is 0 Å². The molecule has 0 fully saturated rings. The fourth-order valence-corrected chi connectivity index (χ4v) is 2.05. The van der Waals surface area contributed by atoms with Gasteiger partial charge in [0.2, 0.25) is 0 Å². The highest BCUT2D eigenvalue weighted by molar-refractivity contribution is 5.82. The molecule has 0 radical (unpaired) electrons. The predicted molar refractivity (Wildman–Crippen MR) is 85.8 cm³/mol. The van der Waals surface area contributed by atoms with E-state index in [4.69, 9.17) is 9.47 Å². The third kappa shape index (κ3) is 5.36. The van der Waals surface area contributed by atoms with Gasteiger partial charge in [-0.15, -0.1) is 0 Å². The lowest BCUT2D eigenvalue weighted by Gasteiger charge is -2.20. The van der Waals surface area contributed by atoms with Crippen LogP contribution in [0.25, 0.3) is 0 Å². The third-order valence-electron chi connectivity index (χ3n) is 3.70. The van der Waals surface area contributed by atoms with Crippen LogP contribution in [0.3, 0.4) is 0 Å². The van der Waals surface area contributed by atoms with E-state index in [9.17, 15) is 14.7 Å². The number of benzene rings is 1. The minimum atomic E-state index is -1.04. The molecular weight excluding hydrogens is 300 g/mol. The Bertz CT molecular complexity index is 547. The number of nitrogens with one attached hydrogen (secondary N) is 2. The Morgan fingerprint density at radius 2 is 1.96 bits per heavy atom. The zero-order valence-corrected chi connectivity index (χ0v) is 13.9. The van der Waals surface area contributed by atoms with Gasteiger partial charge in [0.15, 0.2) is 0 Å². The smallest absolute Gasteiger partial charge is 0.326 e. The second-order valence-corrected chi connectivity index (χ2v) is 5.21. The van der Waals surface area contributed by atoms with Crippen molar-refractivity contribution in [2.45, 2.75) is 32.9 Å². The number of aliphatic carboxylic acids is 1. The van der Waals surface area contributed by atoms with Crippen molar-refractivity contribution < 1.29 is 24.2 Å².